The maximum Gasteiger partial charge on any atom is 0.262 e. The van der Waals surface area contributed by atoms with Gasteiger partial charge in [0, 0.05) is 13.5 Å². The second kappa shape index (κ2) is 9.87. The largest absolute Gasteiger partial charge is 0.340 e. The summed E-state index contributed by atoms with van der Waals surface area (Å²) in [5, 5.41) is 5.32. The highest BCUT2D eigenvalue weighted by atomic mass is 32.2. The topological polar surface area (TPSA) is 73.8 Å². The van der Waals surface area contributed by atoms with Gasteiger partial charge in [0.2, 0.25) is 5.89 Å². The molecule has 0 atom stereocenters. The lowest BCUT2D eigenvalue weighted by Crippen LogP contribution is -2.23. The minimum Gasteiger partial charge on any atom is -0.340 e. The Bertz CT molecular complexity index is 964. The Labute approximate surface area is 169 Å². The van der Waals surface area contributed by atoms with E-state index in [1.54, 1.807) is 6.92 Å². The molecule has 150 valence electrons. The summed E-state index contributed by atoms with van der Waals surface area (Å²) in [7, 11) is 0. The van der Waals surface area contributed by atoms with Crippen molar-refractivity contribution in [1.82, 2.24) is 19.7 Å². The number of nitrogens with zero attached hydrogens (tertiary/aromatic N) is 4. The predicted molar refractivity (Wildman–Crippen MR) is 113 cm³/mol. The predicted octanol–water partition coefficient (Wildman–Crippen LogP) is 4.99. The Balaban J connectivity index is 1.73. The summed E-state index contributed by atoms with van der Waals surface area (Å²) in [4.78, 5) is 22.0. The Kier molecular flexibility index (Phi) is 7.25. The van der Waals surface area contributed by atoms with Gasteiger partial charge in [0.15, 0.2) is 11.0 Å². The molecule has 28 heavy (non-hydrogen) atoms. The van der Waals surface area contributed by atoms with Crippen molar-refractivity contribution in [3.8, 4) is 0 Å². The van der Waals surface area contributed by atoms with E-state index in [1.165, 1.54) is 31.0 Å². The zero-order valence-corrected chi connectivity index (χ0v) is 17.7. The fourth-order valence-corrected chi connectivity index (χ4v) is 4.03. The summed E-state index contributed by atoms with van der Waals surface area (Å²) in [5.74, 6) is 2.44. The van der Waals surface area contributed by atoms with Gasteiger partial charge >= 0.3 is 0 Å². The monoisotopic (exact) mass is 400 g/mol. The fourth-order valence-electron chi connectivity index (χ4n) is 3.16. The van der Waals surface area contributed by atoms with Gasteiger partial charge in [0.05, 0.1) is 16.7 Å². The zero-order valence-electron chi connectivity index (χ0n) is 16.9. The summed E-state index contributed by atoms with van der Waals surface area (Å²) in [6.07, 6.45) is 5.83. The van der Waals surface area contributed by atoms with Gasteiger partial charge < -0.3 is 4.52 Å². The second-order valence-corrected chi connectivity index (χ2v) is 8.43. The number of rotatable bonds is 10. The minimum atomic E-state index is 0.0274. The number of hydrogen-bond acceptors (Lipinski definition) is 6. The highest BCUT2D eigenvalue weighted by Gasteiger charge is 2.13. The van der Waals surface area contributed by atoms with Crippen LogP contribution in [0.2, 0.25) is 0 Å². The molecule has 0 saturated carbocycles. The van der Waals surface area contributed by atoms with E-state index >= 15 is 0 Å². The molecule has 0 spiro atoms. The van der Waals surface area contributed by atoms with Crippen molar-refractivity contribution in [2.45, 2.75) is 70.3 Å². The van der Waals surface area contributed by atoms with E-state index in [9.17, 15) is 4.79 Å². The first-order chi connectivity index (χ1) is 13.5. The van der Waals surface area contributed by atoms with E-state index < -0.39 is 0 Å². The van der Waals surface area contributed by atoms with Gasteiger partial charge in [-0.05, 0) is 24.5 Å². The van der Waals surface area contributed by atoms with Crippen LogP contribution < -0.4 is 5.56 Å². The van der Waals surface area contributed by atoms with E-state index in [-0.39, 0.29) is 5.56 Å². The highest BCUT2D eigenvalue weighted by molar-refractivity contribution is 7.98. The van der Waals surface area contributed by atoms with Crippen LogP contribution in [0.15, 0.2) is 38.7 Å². The molecule has 6 nitrogen and oxygen atoms in total. The van der Waals surface area contributed by atoms with E-state index in [0.29, 0.717) is 34.6 Å². The SMILES string of the molecule is Cc1nc(CSc2nc3ccccc3c(=O)n2CCCCCCC(C)C)no1. The van der Waals surface area contributed by atoms with E-state index in [1.807, 2.05) is 28.8 Å². The minimum absolute atomic E-state index is 0.0274. The van der Waals surface area contributed by atoms with Crippen LogP contribution in [0.1, 0.15) is 57.7 Å². The van der Waals surface area contributed by atoms with Crippen LogP contribution in [0.5, 0.6) is 0 Å². The number of aryl methyl sites for hydroxylation is 1. The zero-order chi connectivity index (χ0) is 19.9. The third-order valence-electron chi connectivity index (χ3n) is 4.64. The van der Waals surface area contributed by atoms with Gasteiger partial charge in [-0.25, -0.2) is 4.98 Å². The van der Waals surface area contributed by atoms with Crippen molar-refractivity contribution in [2.24, 2.45) is 5.92 Å². The van der Waals surface area contributed by atoms with Crippen LogP contribution in [-0.2, 0) is 12.3 Å². The van der Waals surface area contributed by atoms with Gasteiger partial charge in [-0.3, -0.25) is 9.36 Å². The molecule has 0 amide bonds. The molecule has 0 aliphatic heterocycles. The lowest BCUT2D eigenvalue weighted by molar-refractivity contribution is 0.389. The number of aromatic nitrogens is 4. The Morgan fingerprint density at radius 3 is 2.64 bits per heavy atom. The molecule has 0 radical (unpaired) electrons. The molecular weight excluding hydrogens is 372 g/mol. The maximum atomic E-state index is 13.0. The van der Waals surface area contributed by atoms with E-state index in [0.717, 1.165) is 24.3 Å². The summed E-state index contributed by atoms with van der Waals surface area (Å²) in [6, 6.07) is 7.53. The third-order valence-corrected chi connectivity index (χ3v) is 5.61. The lowest BCUT2D eigenvalue weighted by Gasteiger charge is -2.12. The van der Waals surface area contributed by atoms with Crippen LogP contribution in [0.3, 0.4) is 0 Å². The van der Waals surface area contributed by atoms with Crippen LogP contribution in [0.25, 0.3) is 10.9 Å². The molecule has 3 rings (SSSR count). The van der Waals surface area contributed by atoms with E-state index in [4.69, 9.17) is 9.51 Å². The number of para-hydroxylation sites is 1. The van der Waals surface area contributed by atoms with Crippen molar-refractivity contribution in [2.75, 3.05) is 0 Å². The highest BCUT2D eigenvalue weighted by Crippen LogP contribution is 2.22. The Morgan fingerprint density at radius 2 is 1.89 bits per heavy atom. The van der Waals surface area contributed by atoms with Gasteiger partial charge in [-0.2, -0.15) is 4.98 Å². The number of hydrogen-bond donors (Lipinski definition) is 0. The summed E-state index contributed by atoms with van der Waals surface area (Å²) < 4.78 is 6.84. The molecule has 3 aromatic rings. The summed E-state index contributed by atoms with van der Waals surface area (Å²) >= 11 is 1.48. The van der Waals surface area contributed by atoms with Crippen molar-refractivity contribution < 1.29 is 4.52 Å². The van der Waals surface area contributed by atoms with Crippen LogP contribution in [0.4, 0.5) is 0 Å². The average molecular weight is 401 g/mol. The smallest absolute Gasteiger partial charge is 0.262 e. The van der Waals surface area contributed by atoms with Crippen molar-refractivity contribution >= 4 is 22.7 Å². The van der Waals surface area contributed by atoms with Gasteiger partial charge in [-0.1, -0.05) is 68.6 Å². The van der Waals surface area contributed by atoms with Crippen molar-refractivity contribution in [3.05, 3.63) is 46.3 Å². The maximum absolute atomic E-state index is 13.0. The lowest BCUT2D eigenvalue weighted by atomic mass is 10.0. The average Bonchev–Trinajstić information content (AvgIpc) is 3.09. The van der Waals surface area contributed by atoms with E-state index in [2.05, 4.69) is 24.0 Å². The van der Waals surface area contributed by atoms with Crippen LogP contribution >= 0.6 is 11.8 Å². The first kappa shape index (κ1) is 20.6. The summed E-state index contributed by atoms with van der Waals surface area (Å²) in [6.45, 7) is 6.97. The molecule has 7 heteroatoms. The van der Waals surface area contributed by atoms with Gasteiger partial charge in [0.25, 0.3) is 5.56 Å². The van der Waals surface area contributed by atoms with Crippen LogP contribution in [-0.4, -0.2) is 19.7 Å². The first-order valence-corrected chi connectivity index (χ1v) is 10.9. The molecular formula is C21H28N4O2S. The van der Waals surface area contributed by atoms with Gasteiger partial charge in [-0.15, -0.1) is 0 Å². The first-order valence-electron chi connectivity index (χ1n) is 9.96. The molecule has 0 aliphatic rings. The standard InChI is InChI=1S/C21H28N4O2S/c1-15(2)10-6-4-5-9-13-25-20(26)17-11-7-8-12-18(17)23-21(25)28-14-19-22-16(3)27-24-19/h7-8,11-12,15H,4-6,9-10,13-14H2,1-3H3. The molecule has 2 aromatic heterocycles. The quantitative estimate of drug-likeness (QED) is 0.271. The normalized spacial score (nSPS) is 11.6. The third kappa shape index (κ3) is 5.44. The molecule has 0 unspecified atom stereocenters. The van der Waals surface area contributed by atoms with Crippen molar-refractivity contribution in [3.63, 3.8) is 0 Å². The van der Waals surface area contributed by atoms with Crippen molar-refractivity contribution in [1.29, 1.82) is 0 Å². The molecule has 0 bridgehead atoms. The van der Waals surface area contributed by atoms with Crippen LogP contribution in [0, 0.1) is 12.8 Å². The molecule has 0 N–H and O–H groups in total. The molecule has 0 fully saturated rings. The van der Waals surface area contributed by atoms with Gasteiger partial charge in [0.1, 0.15) is 0 Å². The second-order valence-electron chi connectivity index (χ2n) is 7.48. The molecule has 0 aliphatic carbocycles. The number of fused-ring (bicyclic) bond motifs is 1. The number of unbranched alkanes of at least 4 members (excludes halogenated alkanes) is 3. The molecule has 1 aromatic carbocycles. The Morgan fingerprint density at radius 1 is 1.11 bits per heavy atom. The number of thioether (sulfide) groups is 1. The number of benzene rings is 1. The summed E-state index contributed by atoms with van der Waals surface area (Å²) in [5.41, 5.74) is 0.757. The Hall–Kier alpha value is -2.15. The fraction of sp³-hybridized carbons (Fsp3) is 0.524. The molecule has 0 saturated heterocycles. The molecule has 2 heterocycles.